The van der Waals surface area contributed by atoms with Gasteiger partial charge in [0.1, 0.15) is 23.5 Å². The number of aliphatic hydroxyl groups is 1. The number of benzene rings is 2. The van der Waals surface area contributed by atoms with E-state index in [0.717, 1.165) is 12.1 Å². The van der Waals surface area contributed by atoms with Gasteiger partial charge in [-0.2, -0.15) is 17.6 Å². The van der Waals surface area contributed by atoms with Crippen molar-refractivity contribution < 1.29 is 31.8 Å². The molecule has 3 rings (SSSR count). The predicted molar refractivity (Wildman–Crippen MR) is 78.1 cm³/mol. The van der Waals surface area contributed by atoms with Crippen molar-refractivity contribution in [1.82, 2.24) is 9.97 Å². The fourth-order valence-electron chi connectivity index (χ4n) is 2.21. The van der Waals surface area contributed by atoms with E-state index in [1.54, 1.807) is 0 Å². The molecule has 0 saturated heterocycles. The van der Waals surface area contributed by atoms with E-state index in [-0.39, 0.29) is 11.4 Å². The second-order valence-electron chi connectivity index (χ2n) is 5.22. The molecule has 9 heteroatoms. The molecule has 2 N–H and O–H groups in total. The molecule has 3 aromatic rings. The second kappa shape index (κ2) is 6.32. The first-order valence-electron chi connectivity index (χ1n) is 7.04. The quantitative estimate of drug-likeness (QED) is 0.678. The van der Waals surface area contributed by atoms with Gasteiger partial charge in [0.2, 0.25) is 0 Å². The van der Waals surface area contributed by atoms with Crippen LogP contribution in [0.3, 0.4) is 0 Å². The summed E-state index contributed by atoms with van der Waals surface area (Å²) in [4.78, 5) is 6.87. The van der Waals surface area contributed by atoms with Gasteiger partial charge in [-0.05, 0) is 29.8 Å². The zero-order valence-electron chi connectivity index (χ0n) is 12.4. The number of nitrogens with zero attached hydrogens (tertiary/aromatic N) is 1. The van der Waals surface area contributed by atoms with Gasteiger partial charge in [0.25, 0.3) is 0 Å². The Labute approximate surface area is 137 Å². The maximum Gasteiger partial charge on any atom is 0.461 e. The first-order chi connectivity index (χ1) is 11.8. The number of H-pyrrole nitrogens is 1. The molecule has 1 unspecified atom stereocenters. The summed E-state index contributed by atoms with van der Waals surface area (Å²) < 4.78 is 67.0. The Balaban J connectivity index is 1.81. The van der Waals surface area contributed by atoms with Crippen molar-refractivity contribution in [3.8, 4) is 5.75 Å². The summed E-state index contributed by atoms with van der Waals surface area (Å²) in [6.07, 6.45) is -9.82. The van der Waals surface area contributed by atoms with Gasteiger partial charge in [-0.3, -0.25) is 0 Å². The fourth-order valence-corrected chi connectivity index (χ4v) is 2.21. The van der Waals surface area contributed by atoms with Crippen molar-refractivity contribution in [3.05, 3.63) is 59.7 Å². The van der Waals surface area contributed by atoms with E-state index in [1.165, 1.54) is 30.3 Å². The molecule has 4 nitrogen and oxygen atoms in total. The number of aromatic nitrogens is 2. The van der Waals surface area contributed by atoms with Crippen molar-refractivity contribution in [2.24, 2.45) is 0 Å². The molecule has 0 aliphatic heterocycles. The van der Waals surface area contributed by atoms with E-state index in [0.29, 0.717) is 11.0 Å². The van der Waals surface area contributed by atoms with E-state index in [9.17, 15) is 27.1 Å². The van der Waals surface area contributed by atoms with Crippen LogP contribution in [-0.2, 0) is 0 Å². The number of rotatable bonds is 5. The van der Waals surface area contributed by atoms with E-state index in [1.807, 2.05) is 0 Å². The van der Waals surface area contributed by atoms with E-state index in [4.69, 9.17) is 0 Å². The third-order valence-corrected chi connectivity index (χ3v) is 3.43. The normalized spacial score (nSPS) is 13.4. The lowest BCUT2D eigenvalue weighted by Crippen LogP contribution is -2.33. The largest absolute Gasteiger partial charge is 0.461 e. The van der Waals surface area contributed by atoms with Crippen LogP contribution in [0, 0.1) is 5.82 Å². The average molecular weight is 358 g/mol. The number of fused-ring (bicyclic) bond motifs is 1. The van der Waals surface area contributed by atoms with Gasteiger partial charge in [0.05, 0.1) is 11.0 Å². The molecule has 0 radical (unpaired) electrons. The van der Waals surface area contributed by atoms with Gasteiger partial charge >= 0.3 is 12.5 Å². The van der Waals surface area contributed by atoms with Crippen LogP contribution < -0.4 is 4.74 Å². The molecule has 25 heavy (non-hydrogen) atoms. The summed E-state index contributed by atoms with van der Waals surface area (Å²) in [7, 11) is 0. The zero-order valence-corrected chi connectivity index (χ0v) is 12.4. The Morgan fingerprint density at radius 1 is 1.08 bits per heavy atom. The van der Waals surface area contributed by atoms with Gasteiger partial charge in [0, 0.05) is 6.07 Å². The molecule has 0 saturated carbocycles. The molecule has 0 fully saturated rings. The third-order valence-electron chi connectivity index (χ3n) is 3.43. The van der Waals surface area contributed by atoms with Gasteiger partial charge in [-0.15, -0.1) is 0 Å². The number of hydrogen-bond donors (Lipinski definition) is 2. The highest BCUT2D eigenvalue weighted by atomic mass is 19.3. The van der Waals surface area contributed by atoms with Crippen LogP contribution in [-0.4, -0.2) is 27.6 Å². The summed E-state index contributed by atoms with van der Waals surface area (Å²) in [5.41, 5.74) is 1.07. The summed E-state index contributed by atoms with van der Waals surface area (Å²) in [5.74, 6) is -0.846. The van der Waals surface area contributed by atoms with Gasteiger partial charge < -0.3 is 14.8 Å². The van der Waals surface area contributed by atoms with Crippen LogP contribution >= 0.6 is 0 Å². The smallest absolute Gasteiger partial charge is 0.428 e. The second-order valence-corrected chi connectivity index (χ2v) is 5.22. The molecular weight excluding hydrogens is 347 g/mol. The molecule has 0 amide bonds. The highest BCUT2D eigenvalue weighted by molar-refractivity contribution is 5.75. The van der Waals surface area contributed by atoms with Gasteiger partial charge in [-0.25, -0.2) is 9.37 Å². The zero-order chi connectivity index (χ0) is 18.2. The number of hydrogen-bond acceptors (Lipinski definition) is 3. The molecule has 0 spiro atoms. The van der Waals surface area contributed by atoms with Crippen molar-refractivity contribution in [3.63, 3.8) is 0 Å². The standard InChI is InChI=1S/C16H11F5N2O2/c17-9-3-6-11-12(7-9)23-14(22-11)13(24)8-1-4-10(5-2-8)25-16(20,21)15(18)19/h1-7,13,15,24H,(H,22,23). The first-order valence-corrected chi connectivity index (χ1v) is 7.04. The number of aliphatic hydroxyl groups excluding tert-OH is 1. The molecule has 1 atom stereocenters. The molecule has 1 heterocycles. The molecule has 0 bridgehead atoms. The van der Waals surface area contributed by atoms with Crippen LogP contribution in [0.25, 0.3) is 11.0 Å². The number of aromatic amines is 1. The maximum absolute atomic E-state index is 13.2. The Hall–Kier alpha value is -2.68. The van der Waals surface area contributed by atoms with Crippen molar-refractivity contribution >= 4 is 11.0 Å². The van der Waals surface area contributed by atoms with E-state index < -0.39 is 30.2 Å². The lowest BCUT2D eigenvalue weighted by atomic mass is 10.1. The monoisotopic (exact) mass is 358 g/mol. The topological polar surface area (TPSA) is 58.1 Å². The summed E-state index contributed by atoms with van der Waals surface area (Å²) in [6, 6.07) is 8.38. The van der Waals surface area contributed by atoms with Crippen LogP contribution in [0.2, 0.25) is 0 Å². The van der Waals surface area contributed by atoms with Crippen LogP contribution in [0.1, 0.15) is 17.5 Å². The van der Waals surface area contributed by atoms with Gasteiger partial charge in [-0.1, -0.05) is 12.1 Å². The first kappa shape index (κ1) is 17.2. The minimum atomic E-state index is -4.61. The fraction of sp³-hybridized carbons (Fsp3) is 0.188. The predicted octanol–water partition coefficient (Wildman–Crippen LogP) is 4.02. The Bertz CT molecular complexity index is 880. The van der Waals surface area contributed by atoms with E-state index in [2.05, 4.69) is 14.7 Å². The average Bonchev–Trinajstić information content (AvgIpc) is 2.97. The van der Waals surface area contributed by atoms with Crippen molar-refractivity contribution in [1.29, 1.82) is 0 Å². The molecule has 0 aliphatic carbocycles. The molecule has 2 aromatic carbocycles. The van der Waals surface area contributed by atoms with Crippen LogP contribution in [0.5, 0.6) is 5.75 Å². The number of halogens is 5. The Kier molecular flexibility index (Phi) is 4.34. The van der Waals surface area contributed by atoms with Crippen molar-refractivity contribution in [2.45, 2.75) is 18.6 Å². The SMILES string of the molecule is OC(c1ccc(OC(F)(F)C(F)F)cc1)c1nc2cc(F)ccc2[nH]1. The molecule has 0 aliphatic rings. The number of imidazole rings is 1. The number of alkyl halides is 4. The highest BCUT2D eigenvalue weighted by Crippen LogP contribution is 2.29. The number of nitrogens with one attached hydrogen (secondary N) is 1. The minimum absolute atomic E-state index is 0.118. The van der Waals surface area contributed by atoms with E-state index >= 15 is 0 Å². The van der Waals surface area contributed by atoms with Crippen LogP contribution in [0.4, 0.5) is 22.0 Å². The molecule has 1 aromatic heterocycles. The Morgan fingerprint density at radius 2 is 1.76 bits per heavy atom. The summed E-state index contributed by atoms with van der Waals surface area (Å²) in [5, 5.41) is 10.3. The Morgan fingerprint density at radius 3 is 2.40 bits per heavy atom. The van der Waals surface area contributed by atoms with Gasteiger partial charge in [0.15, 0.2) is 0 Å². The molecule has 132 valence electrons. The lowest BCUT2D eigenvalue weighted by molar-refractivity contribution is -0.253. The summed E-state index contributed by atoms with van der Waals surface area (Å²) >= 11 is 0. The lowest BCUT2D eigenvalue weighted by Gasteiger charge is -2.17. The van der Waals surface area contributed by atoms with Crippen molar-refractivity contribution in [2.75, 3.05) is 0 Å². The molecular formula is C16H11F5N2O2. The van der Waals surface area contributed by atoms with Crippen LogP contribution in [0.15, 0.2) is 42.5 Å². The highest BCUT2D eigenvalue weighted by Gasteiger charge is 2.43. The number of ether oxygens (including phenoxy) is 1. The summed E-state index contributed by atoms with van der Waals surface area (Å²) in [6.45, 7) is 0. The maximum atomic E-state index is 13.2. The minimum Gasteiger partial charge on any atom is -0.428 e. The third kappa shape index (κ3) is 3.55.